The molecule has 0 amide bonds. The molecule has 0 radical (unpaired) electrons. The molecule has 1 aliphatic rings. The van der Waals surface area contributed by atoms with Gasteiger partial charge < -0.3 is 9.84 Å². The van der Waals surface area contributed by atoms with Crippen molar-refractivity contribution in [2.45, 2.75) is 17.7 Å². The van der Waals surface area contributed by atoms with Crippen LogP contribution in [0.2, 0.25) is 5.02 Å². The van der Waals surface area contributed by atoms with Crippen molar-refractivity contribution in [2.24, 2.45) is 5.92 Å². The van der Waals surface area contributed by atoms with Gasteiger partial charge in [-0.25, -0.2) is 13.2 Å². The van der Waals surface area contributed by atoms with Gasteiger partial charge in [-0.15, -0.1) is 0 Å². The van der Waals surface area contributed by atoms with E-state index in [4.69, 9.17) is 21.4 Å². The van der Waals surface area contributed by atoms with Gasteiger partial charge in [-0.05, 0) is 37.0 Å². The average molecular weight is 319 g/mol. The number of carbonyl (C=O) groups is 1. The molecule has 1 aromatic carbocycles. The Bertz CT molecular complexity index is 605. The third-order valence-corrected chi connectivity index (χ3v) is 5.52. The molecule has 2 rings (SSSR count). The summed E-state index contributed by atoms with van der Waals surface area (Å²) in [5, 5.41) is 8.81. The molecule has 0 bridgehead atoms. The number of benzene rings is 1. The predicted octanol–water partition coefficient (Wildman–Crippen LogP) is 2.24. The van der Waals surface area contributed by atoms with Crippen LogP contribution < -0.4 is 0 Å². The average Bonchev–Trinajstić information content (AvgIpc) is 2.38. The fraction of sp³-hybridized carbons (Fsp3) is 0.462. The number of halogens is 1. The summed E-state index contributed by atoms with van der Waals surface area (Å²) in [5.41, 5.74) is -0.100. The molecule has 0 atom stereocenters. The zero-order chi connectivity index (χ0) is 14.8. The van der Waals surface area contributed by atoms with E-state index in [1.165, 1.54) is 18.2 Å². The Balaban J connectivity index is 2.20. The second-order valence-electron chi connectivity index (χ2n) is 4.78. The Morgan fingerprint density at radius 3 is 2.55 bits per heavy atom. The van der Waals surface area contributed by atoms with Crippen molar-refractivity contribution in [3.63, 3.8) is 0 Å². The summed E-state index contributed by atoms with van der Waals surface area (Å²) in [7, 11) is -3.46. The molecule has 0 aromatic heterocycles. The summed E-state index contributed by atoms with van der Waals surface area (Å²) < 4.78 is 29.8. The van der Waals surface area contributed by atoms with E-state index in [1.807, 2.05) is 0 Å². The summed E-state index contributed by atoms with van der Waals surface area (Å²) >= 11 is 5.81. The van der Waals surface area contributed by atoms with Gasteiger partial charge in [-0.1, -0.05) is 11.6 Å². The number of carboxylic acid groups (broad SMARTS) is 1. The molecule has 1 aromatic rings. The Kier molecular flexibility index (Phi) is 4.67. The molecule has 0 unspecified atom stereocenters. The van der Waals surface area contributed by atoms with Crippen LogP contribution in [0.25, 0.3) is 0 Å². The molecular formula is C13H15ClO5S. The topological polar surface area (TPSA) is 80.7 Å². The van der Waals surface area contributed by atoms with E-state index in [0.717, 1.165) is 12.8 Å². The van der Waals surface area contributed by atoms with Crippen molar-refractivity contribution in [2.75, 3.05) is 19.0 Å². The van der Waals surface area contributed by atoms with Crippen molar-refractivity contribution < 1.29 is 23.1 Å². The van der Waals surface area contributed by atoms with Gasteiger partial charge in [0.25, 0.3) is 0 Å². The van der Waals surface area contributed by atoms with Gasteiger partial charge in [0.2, 0.25) is 0 Å². The van der Waals surface area contributed by atoms with Crippen molar-refractivity contribution in [3.8, 4) is 0 Å². The molecule has 1 N–H and O–H groups in total. The number of hydrogen-bond donors (Lipinski definition) is 1. The van der Waals surface area contributed by atoms with Crippen LogP contribution in [0.15, 0.2) is 23.1 Å². The highest BCUT2D eigenvalue weighted by molar-refractivity contribution is 7.91. The van der Waals surface area contributed by atoms with E-state index in [9.17, 15) is 13.2 Å². The lowest BCUT2D eigenvalue weighted by molar-refractivity contribution is 0.0696. The summed E-state index contributed by atoms with van der Waals surface area (Å²) in [5.74, 6) is -1.06. The van der Waals surface area contributed by atoms with Crippen LogP contribution in [0.4, 0.5) is 0 Å². The third-order valence-electron chi connectivity index (χ3n) is 3.33. The minimum absolute atomic E-state index is 0.0408. The Labute approximate surface area is 122 Å². The standard InChI is InChI=1S/C13H15ClO5S/c14-12-7-10(1-2-11(12)13(15)16)20(17,18)8-9-3-5-19-6-4-9/h1-2,7,9H,3-6,8H2,(H,15,16). The van der Waals surface area contributed by atoms with E-state index in [1.54, 1.807) is 0 Å². The number of rotatable bonds is 4. The summed E-state index contributed by atoms with van der Waals surface area (Å²) in [6.07, 6.45) is 1.44. The lowest BCUT2D eigenvalue weighted by atomic mass is 10.0. The molecule has 0 saturated carbocycles. The van der Waals surface area contributed by atoms with E-state index >= 15 is 0 Å². The van der Waals surface area contributed by atoms with Gasteiger partial charge in [0.05, 0.1) is 21.2 Å². The second kappa shape index (κ2) is 6.11. The zero-order valence-corrected chi connectivity index (χ0v) is 12.3. The van der Waals surface area contributed by atoms with E-state index in [-0.39, 0.29) is 27.2 Å². The smallest absolute Gasteiger partial charge is 0.337 e. The molecule has 1 fully saturated rings. The molecule has 1 saturated heterocycles. The highest BCUT2D eigenvalue weighted by atomic mass is 35.5. The second-order valence-corrected chi connectivity index (χ2v) is 7.23. The minimum Gasteiger partial charge on any atom is -0.478 e. The number of ether oxygens (including phenoxy) is 1. The first-order valence-corrected chi connectivity index (χ1v) is 8.26. The fourth-order valence-corrected chi connectivity index (χ4v) is 4.23. The van der Waals surface area contributed by atoms with Gasteiger partial charge in [-0.3, -0.25) is 0 Å². The first kappa shape index (κ1) is 15.3. The number of hydrogen-bond acceptors (Lipinski definition) is 4. The van der Waals surface area contributed by atoms with Gasteiger partial charge in [0.15, 0.2) is 9.84 Å². The van der Waals surface area contributed by atoms with Gasteiger partial charge in [-0.2, -0.15) is 0 Å². The van der Waals surface area contributed by atoms with Crippen molar-refractivity contribution in [1.82, 2.24) is 0 Å². The van der Waals surface area contributed by atoms with Crippen molar-refractivity contribution >= 4 is 27.4 Å². The van der Waals surface area contributed by atoms with Crippen LogP contribution in [0.5, 0.6) is 0 Å². The highest BCUT2D eigenvalue weighted by Crippen LogP contribution is 2.25. The van der Waals surface area contributed by atoms with Crippen LogP contribution in [0.3, 0.4) is 0 Å². The number of carboxylic acids is 1. The van der Waals surface area contributed by atoms with Crippen LogP contribution >= 0.6 is 11.6 Å². The Morgan fingerprint density at radius 2 is 2.00 bits per heavy atom. The van der Waals surface area contributed by atoms with Gasteiger partial charge in [0.1, 0.15) is 0 Å². The summed E-state index contributed by atoms with van der Waals surface area (Å²) in [6.45, 7) is 1.16. The zero-order valence-electron chi connectivity index (χ0n) is 10.7. The minimum atomic E-state index is -3.46. The van der Waals surface area contributed by atoms with E-state index in [0.29, 0.717) is 13.2 Å². The van der Waals surface area contributed by atoms with Gasteiger partial charge in [0, 0.05) is 13.2 Å². The summed E-state index contributed by atoms with van der Waals surface area (Å²) in [6, 6.07) is 3.73. The third kappa shape index (κ3) is 3.50. The first-order chi connectivity index (χ1) is 9.40. The fourth-order valence-electron chi connectivity index (χ4n) is 2.18. The SMILES string of the molecule is O=C(O)c1ccc(S(=O)(=O)CC2CCOCC2)cc1Cl. The predicted molar refractivity (Wildman–Crippen MR) is 74.0 cm³/mol. The first-order valence-electron chi connectivity index (χ1n) is 6.23. The van der Waals surface area contributed by atoms with Crippen LogP contribution in [-0.4, -0.2) is 38.5 Å². The van der Waals surface area contributed by atoms with E-state index in [2.05, 4.69) is 0 Å². The molecule has 5 nitrogen and oxygen atoms in total. The monoisotopic (exact) mass is 318 g/mol. The van der Waals surface area contributed by atoms with E-state index < -0.39 is 15.8 Å². The number of aromatic carboxylic acids is 1. The molecule has 110 valence electrons. The molecular weight excluding hydrogens is 304 g/mol. The summed E-state index contributed by atoms with van der Waals surface area (Å²) in [4.78, 5) is 10.9. The normalized spacial score (nSPS) is 17.1. The molecule has 0 spiro atoms. The molecule has 20 heavy (non-hydrogen) atoms. The lowest BCUT2D eigenvalue weighted by Crippen LogP contribution is -2.23. The van der Waals surface area contributed by atoms with Crippen LogP contribution in [0, 0.1) is 5.92 Å². The van der Waals surface area contributed by atoms with Crippen LogP contribution in [0.1, 0.15) is 23.2 Å². The highest BCUT2D eigenvalue weighted by Gasteiger charge is 2.24. The lowest BCUT2D eigenvalue weighted by Gasteiger charge is -2.21. The van der Waals surface area contributed by atoms with Crippen molar-refractivity contribution in [3.05, 3.63) is 28.8 Å². The molecule has 7 heteroatoms. The maximum atomic E-state index is 12.3. The quantitative estimate of drug-likeness (QED) is 0.920. The molecule has 1 aliphatic heterocycles. The largest absolute Gasteiger partial charge is 0.478 e. The number of sulfone groups is 1. The Hall–Kier alpha value is -1.11. The Morgan fingerprint density at radius 1 is 1.35 bits per heavy atom. The maximum absolute atomic E-state index is 12.3. The maximum Gasteiger partial charge on any atom is 0.337 e. The van der Waals surface area contributed by atoms with Gasteiger partial charge >= 0.3 is 5.97 Å². The molecule has 1 heterocycles. The van der Waals surface area contributed by atoms with Crippen molar-refractivity contribution in [1.29, 1.82) is 0 Å². The van der Waals surface area contributed by atoms with Crippen LogP contribution in [-0.2, 0) is 14.6 Å². The molecule has 0 aliphatic carbocycles.